The molecule has 3 nitrogen and oxygen atoms in total. The van der Waals surface area contributed by atoms with Crippen LogP contribution in [-0.4, -0.2) is 24.2 Å². The molecule has 4 heteroatoms. The van der Waals surface area contributed by atoms with E-state index in [1.54, 1.807) is 18.2 Å². The van der Waals surface area contributed by atoms with Crippen molar-refractivity contribution in [2.45, 2.75) is 33.6 Å². The molecule has 0 aromatic heterocycles. The quantitative estimate of drug-likeness (QED) is 0.884. The van der Waals surface area contributed by atoms with E-state index in [-0.39, 0.29) is 0 Å². The minimum Gasteiger partial charge on any atom is -0.478 e. The first-order valence-electron chi connectivity index (χ1n) is 7.07. The molecule has 1 N–H and O–H groups in total. The molecule has 0 radical (unpaired) electrons. The molecule has 110 valence electrons. The van der Waals surface area contributed by atoms with Crippen molar-refractivity contribution in [3.8, 4) is 0 Å². The number of hydrogen-bond acceptors (Lipinski definition) is 2. The predicted molar refractivity (Wildman–Crippen MR) is 82.8 cm³/mol. The van der Waals surface area contributed by atoms with Crippen LogP contribution in [0.25, 0.3) is 0 Å². The topological polar surface area (TPSA) is 40.5 Å². The Balaban J connectivity index is 2.18. The number of hydrogen-bond donors (Lipinski definition) is 1. The van der Waals surface area contributed by atoms with Gasteiger partial charge in [0.15, 0.2) is 0 Å². The van der Waals surface area contributed by atoms with E-state index in [1.807, 2.05) is 0 Å². The number of halogens is 1. The number of carbonyl (C=O) groups is 1. The number of anilines is 1. The lowest BCUT2D eigenvalue weighted by Crippen LogP contribution is -2.38. The van der Waals surface area contributed by atoms with Gasteiger partial charge in [0, 0.05) is 18.1 Å². The van der Waals surface area contributed by atoms with E-state index in [2.05, 4.69) is 25.7 Å². The fraction of sp³-hybridized carbons (Fsp3) is 0.562. The summed E-state index contributed by atoms with van der Waals surface area (Å²) in [5.41, 5.74) is 1.40. The molecule has 0 bridgehead atoms. The Kier molecular flexibility index (Phi) is 4.28. The average molecular weight is 296 g/mol. The summed E-state index contributed by atoms with van der Waals surface area (Å²) in [4.78, 5) is 13.5. The van der Waals surface area contributed by atoms with Crippen molar-refractivity contribution in [2.24, 2.45) is 11.3 Å². The zero-order chi connectivity index (χ0) is 14.9. The second-order valence-corrected chi connectivity index (χ2v) is 7.03. The summed E-state index contributed by atoms with van der Waals surface area (Å²) in [5, 5.41) is 9.88. The lowest BCUT2D eigenvalue weighted by molar-refractivity contribution is 0.0697. The van der Waals surface area contributed by atoms with E-state index in [9.17, 15) is 9.90 Å². The first-order chi connectivity index (χ1) is 9.29. The molecule has 1 aromatic carbocycles. The highest BCUT2D eigenvalue weighted by Crippen LogP contribution is 2.36. The molecule has 0 saturated carbocycles. The highest BCUT2D eigenvalue weighted by atomic mass is 35.5. The number of carboxylic acids is 1. The Morgan fingerprint density at radius 3 is 2.40 bits per heavy atom. The molecular weight excluding hydrogens is 274 g/mol. The maximum absolute atomic E-state index is 11.3. The third kappa shape index (κ3) is 3.26. The number of rotatable bonds is 2. The van der Waals surface area contributed by atoms with E-state index < -0.39 is 5.97 Å². The van der Waals surface area contributed by atoms with Gasteiger partial charge in [-0.1, -0.05) is 32.4 Å². The lowest BCUT2D eigenvalue weighted by atomic mass is 9.75. The number of benzene rings is 1. The van der Waals surface area contributed by atoms with Gasteiger partial charge in [0.2, 0.25) is 0 Å². The van der Waals surface area contributed by atoms with Crippen molar-refractivity contribution >= 4 is 23.3 Å². The van der Waals surface area contributed by atoms with Crippen molar-refractivity contribution in [3.63, 3.8) is 0 Å². The molecule has 1 saturated heterocycles. The second-order valence-electron chi connectivity index (χ2n) is 6.59. The van der Waals surface area contributed by atoms with Crippen molar-refractivity contribution in [3.05, 3.63) is 28.8 Å². The monoisotopic (exact) mass is 295 g/mol. The van der Waals surface area contributed by atoms with Gasteiger partial charge in [-0.25, -0.2) is 4.79 Å². The molecule has 0 amide bonds. The first kappa shape index (κ1) is 15.2. The number of carboxylic acid groups (broad SMARTS) is 1. The van der Waals surface area contributed by atoms with Crippen LogP contribution >= 0.6 is 11.6 Å². The third-order valence-corrected chi connectivity index (χ3v) is 4.49. The summed E-state index contributed by atoms with van der Waals surface area (Å²) in [6.07, 6.45) is 2.18. The van der Waals surface area contributed by atoms with E-state index in [0.29, 0.717) is 21.9 Å². The number of piperidine rings is 1. The zero-order valence-corrected chi connectivity index (χ0v) is 13.1. The van der Waals surface area contributed by atoms with Gasteiger partial charge in [0.05, 0.1) is 11.3 Å². The Morgan fingerprint density at radius 1 is 1.30 bits per heavy atom. The van der Waals surface area contributed by atoms with E-state index in [1.165, 1.54) is 0 Å². The Bertz CT molecular complexity index is 500. The Labute approximate surface area is 125 Å². The van der Waals surface area contributed by atoms with Gasteiger partial charge in [0.1, 0.15) is 0 Å². The Hall–Kier alpha value is -1.22. The third-order valence-electron chi connectivity index (χ3n) is 4.25. The molecule has 1 aromatic rings. The molecule has 0 atom stereocenters. The fourth-order valence-corrected chi connectivity index (χ4v) is 3.10. The van der Waals surface area contributed by atoms with Crippen molar-refractivity contribution in [1.29, 1.82) is 0 Å². The largest absolute Gasteiger partial charge is 0.478 e. The predicted octanol–water partition coefficient (Wildman–Crippen LogP) is 4.30. The highest BCUT2D eigenvalue weighted by Gasteiger charge is 2.30. The van der Waals surface area contributed by atoms with Gasteiger partial charge in [-0.15, -0.1) is 0 Å². The first-order valence-corrected chi connectivity index (χ1v) is 7.44. The van der Waals surface area contributed by atoms with Crippen LogP contribution in [0.15, 0.2) is 18.2 Å². The van der Waals surface area contributed by atoms with Crippen molar-refractivity contribution in [1.82, 2.24) is 0 Å². The van der Waals surface area contributed by atoms with Crippen molar-refractivity contribution in [2.75, 3.05) is 18.0 Å². The zero-order valence-electron chi connectivity index (χ0n) is 12.3. The molecular formula is C16H22ClNO2. The summed E-state index contributed by atoms with van der Waals surface area (Å²) < 4.78 is 0. The molecule has 20 heavy (non-hydrogen) atoms. The van der Waals surface area contributed by atoms with Gasteiger partial charge in [-0.3, -0.25) is 0 Å². The van der Waals surface area contributed by atoms with Gasteiger partial charge in [0.25, 0.3) is 0 Å². The van der Waals surface area contributed by atoms with Gasteiger partial charge < -0.3 is 10.0 Å². The summed E-state index contributed by atoms with van der Waals surface area (Å²) in [7, 11) is 0. The smallest absolute Gasteiger partial charge is 0.337 e. The van der Waals surface area contributed by atoms with Gasteiger partial charge in [-0.2, -0.15) is 0 Å². The molecule has 1 fully saturated rings. The molecule has 2 rings (SSSR count). The molecule has 0 spiro atoms. The van der Waals surface area contributed by atoms with Gasteiger partial charge in [-0.05, 0) is 42.4 Å². The van der Waals surface area contributed by atoms with Crippen LogP contribution in [0.2, 0.25) is 5.02 Å². The SMILES string of the molecule is CC(C)(C)C1CCN(c2cc(Cl)ccc2C(=O)O)CC1. The van der Waals surface area contributed by atoms with Crippen LogP contribution in [-0.2, 0) is 0 Å². The van der Waals surface area contributed by atoms with Crippen LogP contribution in [0.1, 0.15) is 44.0 Å². The van der Waals surface area contributed by atoms with Crippen LogP contribution in [0.4, 0.5) is 5.69 Å². The molecule has 0 aliphatic carbocycles. The molecule has 0 unspecified atom stereocenters. The normalized spacial score (nSPS) is 17.3. The number of aromatic carboxylic acids is 1. The van der Waals surface area contributed by atoms with Crippen LogP contribution in [0.3, 0.4) is 0 Å². The standard InChI is InChI=1S/C16H22ClNO2/c1-16(2,3)11-6-8-18(9-7-11)14-10-12(17)4-5-13(14)15(19)20/h4-5,10-11H,6-9H2,1-3H3,(H,19,20). The molecule has 1 aliphatic heterocycles. The second kappa shape index (κ2) is 5.65. The maximum Gasteiger partial charge on any atom is 0.337 e. The van der Waals surface area contributed by atoms with E-state index in [0.717, 1.165) is 31.6 Å². The summed E-state index contributed by atoms with van der Waals surface area (Å²) in [6, 6.07) is 4.99. The fourth-order valence-electron chi connectivity index (χ4n) is 2.93. The Morgan fingerprint density at radius 2 is 1.90 bits per heavy atom. The summed E-state index contributed by atoms with van der Waals surface area (Å²) in [6.45, 7) is 8.60. The van der Waals surface area contributed by atoms with Crippen LogP contribution in [0, 0.1) is 11.3 Å². The maximum atomic E-state index is 11.3. The molecule has 1 aliphatic rings. The van der Waals surface area contributed by atoms with Crippen molar-refractivity contribution < 1.29 is 9.90 Å². The minimum atomic E-state index is -0.894. The summed E-state index contributed by atoms with van der Waals surface area (Å²) >= 11 is 6.02. The van der Waals surface area contributed by atoms with E-state index >= 15 is 0 Å². The lowest BCUT2D eigenvalue weighted by Gasteiger charge is -2.40. The van der Waals surface area contributed by atoms with Gasteiger partial charge >= 0.3 is 5.97 Å². The van der Waals surface area contributed by atoms with Crippen LogP contribution in [0.5, 0.6) is 0 Å². The number of nitrogens with zero attached hydrogens (tertiary/aromatic N) is 1. The summed E-state index contributed by atoms with van der Waals surface area (Å²) in [5.74, 6) is -0.208. The average Bonchev–Trinajstić information content (AvgIpc) is 2.37. The van der Waals surface area contributed by atoms with Crippen LogP contribution < -0.4 is 4.90 Å². The molecule has 1 heterocycles. The minimum absolute atomic E-state index is 0.316. The highest BCUT2D eigenvalue weighted by molar-refractivity contribution is 6.31. The van der Waals surface area contributed by atoms with E-state index in [4.69, 9.17) is 11.6 Å².